The van der Waals surface area contributed by atoms with Crippen LogP contribution < -0.4 is 5.32 Å². The second-order valence-corrected chi connectivity index (χ2v) is 7.26. The molecule has 122 valence electrons. The van der Waals surface area contributed by atoms with Gasteiger partial charge in [-0.2, -0.15) is 0 Å². The van der Waals surface area contributed by atoms with Gasteiger partial charge in [-0.05, 0) is 46.0 Å². The van der Waals surface area contributed by atoms with Crippen LogP contribution in [0.4, 0.5) is 4.79 Å². The van der Waals surface area contributed by atoms with Crippen molar-refractivity contribution in [2.24, 2.45) is 5.92 Å². The third-order valence-electron chi connectivity index (χ3n) is 4.04. The van der Waals surface area contributed by atoms with E-state index in [1.165, 1.54) is 0 Å². The smallest absolute Gasteiger partial charge is 0.410 e. The summed E-state index contributed by atoms with van der Waals surface area (Å²) in [5.74, 6) is 0.628. The molecule has 1 amide bonds. The molecule has 0 aliphatic carbocycles. The van der Waals surface area contributed by atoms with Crippen LogP contribution in [0, 0.1) is 5.92 Å². The van der Waals surface area contributed by atoms with Crippen LogP contribution in [0.3, 0.4) is 0 Å². The van der Waals surface area contributed by atoms with Gasteiger partial charge in [0, 0.05) is 32.3 Å². The van der Waals surface area contributed by atoms with Gasteiger partial charge in [0.2, 0.25) is 0 Å². The van der Waals surface area contributed by atoms with Gasteiger partial charge in [-0.3, -0.25) is 0 Å². The molecule has 5 nitrogen and oxygen atoms in total. The van der Waals surface area contributed by atoms with E-state index in [2.05, 4.69) is 5.32 Å². The van der Waals surface area contributed by atoms with E-state index < -0.39 is 5.60 Å². The highest BCUT2D eigenvalue weighted by atomic mass is 16.6. The summed E-state index contributed by atoms with van der Waals surface area (Å²) in [4.78, 5) is 14.1. The standard InChI is InChI=1S/C16H30N2O3/c1-16(2,3)21-15(19)18-8-5-4-6-14(11-18)17-10-13-7-9-20-12-13/h13-14,17H,4-12H2,1-3H3. The predicted octanol–water partition coefficient (Wildman–Crippen LogP) is 2.40. The third-order valence-corrected chi connectivity index (χ3v) is 4.04. The van der Waals surface area contributed by atoms with Crippen molar-refractivity contribution in [3.63, 3.8) is 0 Å². The second kappa shape index (κ2) is 7.45. The topological polar surface area (TPSA) is 50.8 Å². The molecule has 0 spiro atoms. The number of amides is 1. The molecule has 0 aromatic heterocycles. The van der Waals surface area contributed by atoms with Crippen molar-refractivity contribution in [2.75, 3.05) is 32.8 Å². The number of rotatable bonds is 3. The summed E-state index contributed by atoms with van der Waals surface area (Å²) in [6.07, 6.45) is 4.32. The van der Waals surface area contributed by atoms with Gasteiger partial charge in [0.05, 0.1) is 6.61 Å². The molecule has 2 heterocycles. The Hall–Kier alpha value is -0.810. The van der Waals surface area contributed by atoms with Crippen LogP contribution in [0.1, 0.15) is 46.5 Å². The Kier molecular flexibility index (Phi) is 5.88. The van der Waals surface area contributed by atoms with E-state index in [-0.39, 0.29) is 6.09 Å². The summed E-state index contributed by atoms with van der Waals surface area (Å²) in [7, 11) is 0. The molecule has 2 fully saturated rings. The zero-order valence-electron chi connectivity index (χ0n) is 13.7. The van der Waals surface area contributed by atoms with E-state index >= 15 is 0 Å². The highest BCUT2D eigenvalue weighted by Crippen LogP contribution is 2.17. The molecule has 2 saturated heterocycles. The van der Waals surface area contributed by atoms with Crippen molar-refractivity contribution in [1.82, 2.24) is 10.2 Å². The minimum Gasteiger partial charge on any atom is -0.444 e. The lowest BCUT2D eigenvalue weighted by Gasteiger charge is -2.29. The van der Waals surface area contributed by atoms with Crippen LogP contribution in [0.25, 0.3) is 0 Å². The number of hydrogen-bond acceptors (Lipinski definition) is 4. The van der Waals surface area contributed by atoms with E-state index in [1.807, 2.05) is 25.7 Å². The summed E-state index contributed by atoms with van der Waals surface area (Å²) < 4.78 is 10.9. The number of nitrogens with zero attached hydrogens (tertiary/aromatic N) is 1. The van der Waals surface area contributed by atoms with Crippen molar-refractivity contribution in [2.45, 2.75) is 58.1 Å². The molecule has 1 N–H and O–H groups in total. The van der Waals surface area contributed by atoms with Gasteiger partial charge in [0.25, 0.3) is 0 Å². The molecule has 0 bridgehead atoms. The highest BCUT2D eigenvalue weighted by Gasteiger charge is 2.26. The van der Waals surface area contributed by atoms with Crippen LogP contribution in [0.2, 0.25) is 0 Å². The van der Waals surface area contributed by atoms with Crippen molar-refractivity contribution in [3.8, 4) is 0 Å². The van der Waals surface area contributed by atoms with E-state index in [4.69, 9.17) is 9.47 Å². The van der Waals surface area contributed by atoms with Crippen LogP contribution >= 0.6 is 0 Å². The molecule has 0 aromatic rings. The fraction of sp³-hybridized carbons (Fsp3) is 0.938. The molecule has 0 radical (unpaired) electrons. The maximum Gasteiger partial charge on any atom is 0.410 e. The van der Waals surface area contributed by atoms with Crippen molar-refractivity contribution in [3.05, 3.63) is 0 Å². The highest BCUT2D eigenvalue weighted by molar-refractivity contribution is 5.68. The fourth-order valence-corrected chi connectivity index (χ4v) is 2.88. The number of carbonyl (C=O) groups is 1. The van der Waals surface area contributed by atoms with E-state index in [9.17, 15) is 4.79 Å². The van der Waals surface area contributed by atoms with Gasteiger partial charge in [0.1, 0.15) is 5.60 Å². The lowest BCUT2D eigenvalue weighted by atomic mass is 10.1. The Morgan fingerprint density at radius 3 is 2.81 bits per heavy atom. The number of ether oxygens (including phenoxy) is 2. The van der Waals surface area contributed by atoms with Crippen LogP contribution in [-0.4, -0.2) is 55.5 Å². The molecule has 5 heteroatoms. The monoisotopic (exact) mass is 298 g/mol. The SMILES string of the molecule is CC(C)(C)OC(=O)N1CCCCC(NCC2CCOC2)C1. The molecule has 0 aromatic carbocycles. The maximum absolute atomic E-state index is 12.2. The summed E-state index contributed by atoms with van der Waals surface area (Å²) in [5, 5.41) is 3.62. The van der Waals surface area contributed by atoms with E-state index in [0.717, 1.165) is 58.5 Å². The molecule has 21 heavy (non-hydrogen) atoms. The third kappa shape index (κ3) is 5.83. The lowest BCUT2D eigenvalue weighted by Crippen LogP contribution is -2.45. The summed E-state index contributed by atoms with van der Waals surface area (Å²) >= 11 is 0. The first kappa shape index (κ1) is 16.6. The maximum atomic E-state index is 12.2. The number of carbonyl (C=O) groups excluding carboxylic acids is 1. The molecule has 2 atom stereocenters. The molecule has 2 rings (SSSR count). The quantitative estimate of drug-likeness (QED) is 0.869. The minimum atomic E-state index is -0.423. The largest absolute Gasteiger partial charge is 0.444 e. The van der Waals surface area contributed by atoms with Crippen LogP contribution in [0.15, 0.2) is 0 Å². The zero-order valence-corrected chi connectivity index (χ0v) is 13.7. The van der Waals surface area contributed by atoms with Gasteiger partial charge in [0.15, 0.2) is 0 Å². The molecular weight excluding hydrogens is 268 g/mol. The van der Waals surface area contributed by atoms with E-state index in [1.54, 1.807) is 0 Å². The average molecular weight is 298 g/mol. The first-order chi connectivity index (χ1) is 9.94. The molecule has 2 unspecified atom stereocenters. The fourth-order valence-electron chi connectivity index (χ4n) is 2.88. The van der Waals surface area contributed by atoms with Gasteiger partial charge in [-0.1, -0.05) is 6.42 Å². The molecule has 2 aliphatic rings. The van der Waals surface area contributed by atoms with Crippen molar-refractivity contribution >= 4 is 6.09 Å². The molecule has 2 aliphatic heterocycles. The summed E-state index contributed by atoms with van der Waals surface area (Å²) in [5.41, 5.74) is -0.423. The lowest BCUT2D eigenvalue weighted by molar-refractivity contribution is 0.0243. The van der Waals surface area contributed by atoms with Gasteiger partial charge in [-0.25, -0.2) is 4.79 Å². The first-order valence-corrected chi connectivity index (χ1v) is 8.23. The summed E-state index contributed by atoms with van der Waals surface area (Å²) in [6, 6.07) is 0.376. The Morgan fingerprint density at radius 1 is 1.33 bits per heavy atom. The Labute approximate surface area is 128 Å². The molecule has 0 saturated carbocycles. The van der Waals surface area contributed by atoms with Crippen LogP contribution in [0.5, 0.6) is 0 Å². The first-order valence-electron chi connectivity index (χ1n) is 8.23. The van der Waals surface area contributed by atoms with Crippen molar-refractivity contribution < 1.29 is 14.3 Å². The Morgan fingerprint density at radius 2 is 2.14 bits per heavy atom. The number of hydrogen-bond donors (Lipinski definition) is 1. The Balaban J connectivity index is 1.80. The summed E-state index contributed by atoms with van der Waals surface area (Å²) in [6.45, 7) is 10.1. The Bertz CT molecular complexity index is 335. The van der Waals surface area contributed by atoms with Crippen molar-refractivity contribution in [1.29, 1.82) is 0 Å². The van der Waals surface area contributed by atoms with E-state index in [0.29, 0.717) is 12.0 Å². The predicted molar refractivity (Wildman–Crippen MR) is 82.4 cm³/mol. The molecular formula is C16H30N2O3. The number of nitrogens with one attached hydrogen (secondary N) is 1. The normalized spacial score (nSPS) is 27.5. The number of likely N-dealkylation sites (tertiary alicyclic amines) is 1. The van der Waals surface area contributed by atoms with Crippen LogP contribution in [-0.2, 0) is 9.47 Å². The van der Waals surface area contributed by atoms with Gasteiger partial charge < -0.3 is 19.7 Å². The average Bonchev–Trinajstić information content (AvgIpc) is 2.78. The van der Waals surface area contributed by atoms with Gasteiger partial charge >= 0.3 is 6.09 Å². The zero-order chi connectivity index (χ0) is 15.3. The second-order valence-electron chi connectivity index (χ2n) is 7.26. The van der Waals surface area contributed by atoms with Gasteiger partial charge in [-0.15, -0.1) is 0 Å². The minimum absolute atomic E-state index is 0.180.